The minimum atomic E-state index is 0.0278. The van der Waals surface area contributed by atoms with Gasteiger partial charge in [0.15, 0.2) is 5.82 Å². The van der Waals surface area contributed by atoms with Crippen LogP contribution in [0.15, 0.2) is 12.4 Å². The fraction of sp³-hybridized carbons (Fsp3) is 0.615. The van der Waals surface area contributed by atoms with Crippen LogP contribution >= 0.6 is 0 Å². The lowest BCUT2D eigenvalue weighted by Gasteiger charge is -2.18. The van der Waals surface area contributed by atoms with Crippen LogP contribution in [-0.4, -0.2) is 35.5 Å². The highest BCUT2D eigenvalue weighted by molar-refractivity contribution is 5.93. The van der Waals surface area contributed by atoms with Gasteiger partial charge in [-0.05, 0) is 19.8 Å². The number of hydrogen-bond donors (Lipinski definition) is 1. The second-order valence-electron chi connectivity index (χ2n) is 4.83. The predicted molar refractivity (Wildman–Crippen MR) is 70.4 cm³/mol. The maximum Gasteiger partial charge on any atom is 0.241 e. The molecule has 1 aromatic rings. The molecule has 0 radical (unpaired) electrons. The van der Waals surface area contributed by atoms with Gasteiger partial charge in [-0.3, -0.25) is 14.7 Å². The van der Waals surface area contributed by atoms with Crippen LogP contribution in [0.5, 0.6) is 0 Å². The van der Waals surface area contributed by atoms with E-state index >= 15 is 0 Å². The normalized spacial score (nSPS) is 15.9. The van der Waals surface area contributed by atoms with Crippen molar-refractivity contribution in [3.63, 3.8) is 0 Å². The summed E-state index contributed by atoms with van der Waals surface area (Å²) in [6.45, 7) is 2.25. The Balaban J connectivity index is 1.85. The van der Waals surface area contributed by atoms with Gasteiger partial charge in [0, 0.05) is 13.1 Å². The van der Waals surface area contributed by atoms with E-state index in [1.165, 1.54) is 25.7 Å². The second kappa shape index (κ2) is 5.91. The van der Waals surface area contributed by atoms with Crippen molar-refractivity contribution in [3.05, 3.63) is 18.1 Å². The fourth-order valence-electron chi connectivity index (χ4n) is 2.17. The molecule has 0 bridgehead atoms. The summed E-state index contributed by atoms with van der Waals surface area (Å²) in [4.78, 5) is 21.9. The van der Waals surface area contributed by atoms with Gasteiger partial charge >= 0.3 is 0 Å². The monoisotopic (exact) mass is 248 g/mol. The van der Waals surface area contributed by atoms with E-state index in [1.54, 1.807) is 24.3 Å². The third-order valence-corrected chi connectivity index (χ3v) is 3.38. The summed E-state index contributed by atoms with van der Waals surface area (Å²) >= 11 is 0. The molecule has 0 aromatic carbocycles. The number of amides is 1. The number of hydrogen-bond acceptors (Lipinski definition) is 4. The zero-order chi connectivity index (χ0) is 13.0. The van der Waals surface area contributed by atoms with Gasteiger partial charge in [0.25, 0.3) is 0 Å². The Kier molecular flexibility index (Phi) is 4.25. The van der Waals surface area contributed by atoms with E-state index in [0.717, 1.165) is 5.69 Å². The Morgan fingerprint density at radius 2 is 2.11 bits per heavy atom. The summed E-state index contributed by atoms with van der Waals surface area (Å²) in [5.74, 6) is 0.624. The van der Waals surface area contributed by atoms with Crippen LogP contribution in [0.4, 0.5) is 5.82 Å². The van der Waals surface area contributed by atoms with Crippen LogP contribution in [-0.2, 0) is 4.79 Å². The standard InChI is InChI=1S/C13H20N4O/c1-10-7-16-12(8-14-10)17(2)13(18)9-15-11-5-3-4-6-11/h7-8,11,15H,3-6,9H2,1-2H3. The average molecular weight is 248 g/mol. The van der Waals surface area contributed by atoms with Gasteiger partial charge in [-0.15, -0.1) is 0 Å². The van der Waals surface area contributed by atoms with E-state index < -0.39 is 0 Å². The smallest absolute Gasteiger partial charge is 0.241 e. The first-order valence-electron chi connectivity index (χ1n) is 6.45. The van der Waals surface area contributed by atoms with Crippen molar-refractivity contribution in [3.8, 4) is 0 Å². The van der Waals surface area contributed by atoms with Crippen molar-refractivity contribution < 1.29 is 4.79 Å². The molecule has 1 fully saturated rings. The molecule has 1 N–H and O–H groups in total. The fourth-order valence-corrected chi connectivity index (χ4v) is 2.17. The molecule has 1 heterocycles. The Labute approximate surface area is 108 Å². The zero-order valence-electron chi connectivity index (χ0n) is 11.0. The van der Waals surface area contributed by atoms with Gasteiger partial charge in [0.1, 0.15) is 0 Å². The minimum absolute atomic E-state index is 0.0278. The van der Waals surface area contributed by atoms with E-state index in [0.29, 0.717) is 18.4 Å². The van der Waals surface area contributed by atoms with Crippen LogP contribution in [0.1, 0.15) is 31.4 Å². The molecule has 1 aliphatic rings. The first-order valence-corrected chi connectivity index (χ1v) is 6.45. The molecule has 5 nitrogen and oxygen atoms in total. The van der Waals surface area contributed by atoms with E-state index in [4.69, 9.17) is 0 Å². The Morgan fingerprint density at radius 3 is 2.72 bits per heavy atom. The quantitative estimate of drug-likeness (QED) is 0.872. The summed E-state index contributed by atoms with van der Waals surface area (Å²) in [6.07, 6.45) is 8.20. The highest BCUT2D eigenvalue weighted by Gasteiger charge is 2.17. The highest BCUT2D eigenvalue weighted by Crippen LogP contribution is 2.17. The molecular weight excluding hydrogens is 228 g/mol. The van der Waals surface area contributed by atoms with Crippen molar-refractivity contribution in [2.45, 2.75) is 38.6 Å². The van der Waals surface area contributed by atoms with Crippen molar-refractivity contribution in [2.75, 3.05) is 18.5 Å². The van der Waals surface area contributed by atoms with Crippen molar-refractivity contribution in [1.82, 2.24) is 15.3 Å². The Hall–Kier alpha value is -1.49. The van der Waals surface area contributed by atoms with E-state index in [-0.39, 0.29) is 5.91 Å². The molecule has 1 saturated carbocycles. The largest absolute Gasteiger partial charge is 0.306 e. The van der Waals surface area contributed by atoms with Gasteiger partial charge in [-0.25, -0.2) is 4.98 Å². The number of anilines is 1. The third-order valence-electron chi connectivity index (χ3n) is 3.38. The first-order chi connectivity index (χ1) is 8.66. The lowest BCUT2D eigenvalue weighted by Crippen LogP contribution is -2.39. The minimum Gasteiger partial charge on any atom is -0.306 e. The van der Waals surface area contributed by atoms with Crippen LogP contribution in [0.3, 0.4) is 0 Å². The van der Waals surface area contributed by atoms with Gasteiger partial charge in [-0.2, -0.15) is 0 Å². The molecule has 1 aromatic heterocycles. The lowest BCUT2D eigenvalue weighted by molar-refractivity contribution is -0.117. The predicted octanol–water partition coefficient (Wildman–Crippen LogP) is 1.28. The highest BCUT2D eigenvalue weighted by atomic mass is 16.2. The van der Waals surface area contributed by atoms with E-state index in [2.05, 4.69) is 15.3 Å². The molecule has 0 aliphatic heterocycles. The summed E-state index contributed by atoms with van der Waals surface area (Å²) in [7, 11) is 1.73. The van der Waals surface area contributed by atoms with E-state index in [9.17, 15) is 4.79 Å². The molecule has 18 heavy (non-hydrogen) atoms. The summed E-state index contributed by atoms with van der Waals surface area (Å²) in [5, 5.41) is 3.30. The number of aromatic nitrogens is 2. The van der Waals surface area contributed by atoms with Crippen LogP contribution in [0, 0.1) is 6.92 Å². The van der Waals surface area contributed by atoms with Gasteiger partial charge in [0.05, 0.1) is 24.6 Å². The van der Waals surface area contributed by atoms with Gasteiger partial charge in [0.2, 0.25) is 5.91 Å². The van der Waals surface area contributed by atoms with Gasteiger partial charge < -0.3 is 5.32 Å². The van der Waals surface area contributed by atoms with Crippen molar-refractivity contribution >= 4 is 11.7 Å². The molecule has 0 spiro atoms. The number of nitrogens with one attached hydrogen (secondary N) is 1. The number of aryl methyl sites for hydroxylation is 1. The maximum atomic E-state index is 12.0. The molecule has 0 saturated heterocycles. The number of nitrogens with zero attached hydrogens (tertiary/aromatic N) is 3. The number of rotatable bonds is 4. The van der Waals surface area contributed by atoms with Crippen molar-refractivity contribution in [1.29, 1.82) is 0 Å². The molecule has 1 amide bonds. The molecule has 0 unspecified atom stereocenters. The van der Waals surface area contributed by atoms with Crippen LogP contribution in [0.2, 0.25) is 0 Å². The Bertz CT molecular complexity index is 398. The van der Waals surface area contributed by atoms with Crippen LogP contribution in [0.25, 0.3) is 0 Å². The zero-order valence-corrected chi connectivity index (χ0v) is 11.0. The summed E-state index contributed by atoms with van der Waals surface area (Å²) in [5.41, 5.74) is 0.851. The van der Waals surface area contributed by atoms with Crippen molar-refractivity contribution in [2.24, 2.45) is 0 Å². The number of carbonyl (C=O) groups excluding carboxylic acids is 1. The first kappa shape index (κ1) is 13.0. The molecule has 0 atom stereocenters. The second-order valence-corrected chi connectivity index (χ2v) is 4.83. The Morgan fingerprint density at radius 1 is 1.39 bits per heavy atom. The molecule has 1 aliphatic carbocycles. The third kappa shape index (κ3) is 3.26. The molecule has 5 heteroatoms. The lowest BCUT2D eigenvalue weighted by atomic mass is 10.2. The summed E-state index contributed by atoms with van der Waals surface area (Å²) < 4.78 is 0. The molecular formula is C13H20N4O. The molecule has 2 rings (SSSR count). The van der Waals surface area contributed by atoms with Gasteiger partial charge in [-0.1, -0.05) is 12.8 Å². The number of likely N-dealkylation sites (N-methyl/N-ethyl adjacent to an activating group) is 1. The average Bonchev–Trinajstić information content (AvgIpc) is 2.89. The maximum absolute atomic E-state index is 12.0. The van der Waals surface area contributed by atoms with Crippen LogP contribution < -0.4 is 10.2 Å². The summed E-state index contributed by atoms with van der Waals surface area (Å²) in [6, 6.07) is 0.506. The number of carbonyl (C=O) groups is 1. The SMILES string of the molecule is Cc1cnc(N(C)C(=O)CNC2CCCC2)cn1. The van der Waals surface area contributed by atoms with E-state index in [1.807, 2.05) is 6.92 Å². The topological polar surface area (TPSA) is 58.1 Å². The molecule has 98 valence electrons.